The zero-order chi connectivity index (χ0) is 14.5. The molecule has 1 aliphatic rings. The first-order chi connectivity index (χ1) is 9.61. The van der Waals surface area contributed by atoms with Gasteiger partial charge in [0.2, 0.25) is 0 Å². The maximum Gasteiger partial charge on any atom is 0.322 e. The molecule has 2 rings (SSSR count). The fourth-order valence-electron chi connectivity index (χ4n) is 2.27. The van der Waals surface area contributed by atoms with Crippen LogP contribution in [0, 0.1) is 0 Å². The number of urea groups is 1. The molecule has 1 saturated heterocycles. The predicted octanol–water partition coefficient (Wildman–Crippen LogP) is 2.53. The van der Waals surface area contributed by atoms with Gasteiger partial charge in [-0.15, -0.1) is 0 Å². The van der Waals surface area contributed by atoms with E-state index in [-0.39, 0.29) is 17.9 Å². The maximum absolute atomic E-state index is 12.3. The lowest BCUT2D eigenvalue weighted by molar-refractivity contribution is 0.0144. The van der Waals surface area contributed by atoms with E-state index >= 15 is 0 Å². The molecule has 1 N–H and O–H groups in total. The lowest BCUT2D eigenvalue weighted by Gasteiger charge is -2.35. The number of Topliss-reactive ketones (excluding diaryl/α,β-unsaturated/α-hetero) is 1. The average Bonchev–Trinajstić information content (AvgIpc) is 2.47. The average molecular weight is 276 g/mol. The van der Waals surface area contributed by atoms with Crippen LogP contribution in [0.15, 0.2) is 24.3 Å². The summed E-state index contributed by atoms with van der Waals surface area (Å²) in [5.41, 5.74) is 1.24. The Kier molecular flexibility index (Phi) is 4.74. The largest absolute Gasteiger partial charge is 0.377 e. The van der Waals surface area contributed by atoms with E-state index in [0.717, 1.165) is 6.42 Å². The molecule has 1 unspecified atom stereocenters. The van der Waals surface area contributed by atoms with Gasteiger partial charge in [0.1, 0.15) is 0 Å². The Bertz CT molecular complexity index is 502. The Morgan fingerprint density at radius 3 is 2.95 bits per heavy atom. The molecule has 108 valence electrons. The summed E-state index contributed by atoms with van der Waals surface area (Å²) in [4.78, 5) is 25.4. The highest BCUT2D eigenvalue weighted by Crippen LogP contribution is 2.15. The summed E-state index contributed by atoms with van der Waals surface area (Å²) in [5.74, 6) is -0.0149. The first kappa shape index (κ1) is 14.5. The van der Waals surface area contributed by atoms with Crippen molar-refractivity contribution in [3.63, 3.8) is 0 Å². The van der Waals surface area contributed by atoms with E-state index in [1.165, 1.54) is 6.92 Å². The second-order valence-electron chi connectivity index (χ2n) is 4.90. The van der Waals surface area contributed by atoms with Gasteiger partial charge in [0.05, 0.1) is 19.3 Å². The van der Waals surface area contributed by atoms with Crippen LogP contribution < -0.4 is 5.32 Å². The Balaban J connectivity index is 2.06. The predicted molar refractivity (Wildman–Crippen MR) is 77.1 cm³/mol. The minimum absolute atomic E-state index is 0.0149. The third-order valence-electron chi connectivity index (χ3n) is 3.48. The summed E-state index contributed by atoms with van der Waals surface area (Å²) in [6, 6.07) is 6.96. The fourth-order valence-corrected chi connectivity index (χ4v) is 2.27. The Morgan fingerprint density at radius 2 is 2.25 bits per heavy atom. The smallest absolute Gasteiger partial charge is 0.322 e. The van der Waals surface area contributed by atoms with Crippen LogP contribution in [0.4, 0.5) is 10.5 Å². The molecule has 0 bridgehead atoms. The van der Waals surface area contributed by atoms with E-state index < -0.39 is 0 Å². The maximum atomic E-state index is 12.3. The first-order valence-electron chi connectivity index (χ1n) is 6.88. The molecular formula is C15H20N2O3. The quantitative estimate of drug-likeness (QED) is 0.863. The Morgan fingerprint density at radius 1 is 1.45 bits per heavy atom. The minimum Gasteiger partial charge on any atom is -0.377 e. The van der Waals surface area contributed by atoms with Gasteiger partial charge in [0.15, 0.2) is 5.78 Å². The third kappa shape index (κ3) is 3.36. The van der Waals surface area contributed by atoms with Gasteiger partial charge in [-0.1, -0.05) is 19.1 Å². The van der Waals surface area contributed by atoms with Crippen LogP contribution in [-0.2, 0) is 4.74 Å². The number of ketones is 1. The van der Waals surface area contributed by atoms with E-state index in [0.29, 0.717) is 31.0 Å². The zero-order valence-corrected chi connectivity index (χ0v) is 11.9. The van der Waals surface area contributed by atoms with Crippen molar-refractivity contribution >= 4 is 17.5 Å². The van der Waals surface area contributed by atoms with Crippen LogP contribution in [-0.4, -0.2) is 42.5 Å². The Labute approximate surface area is 118 Å². The van der Waals surface area contributed by atoms with Crippen LogP contribution in [0.25, 0.3) is 0 Å². The molecule has 1 fully saturated rings. The minimum atomic E-state index is -0.138. The lowest BCUT2D eigenvalue weighted by atomic mass is 10.1. The van der Waals surface area contributed by atoms with E-state index in [1.54, 1.807) is 29.2 Å². The summed E-state index contributed by atoms with van der Waals surface area (Å²) in [6.07, 6.45) is 0.862. The molecule has 1 atom stereocenters. The van der Waals surface area contributed by atoms with E-state index in [4.69, 9.17) is 4.74 Å². The lowest BCUT2D eigenvalue weighted by Crippen LogP contribution is -2.50. The van der Waals surface area contributed by atoms with Gasteiger partial charge in [0.25, 0.3) is 0 Å². The number of nitrogens with one attached hydrogen (secondary N) is 1. The topological polar surface area (TPSA) is 58.6 Å². The van der Waals surface area contributed by atoms with Crippen molar-refractivity contribution in [2.24, 2.45) is 0 Å². The van der Waals surface area contributed by atoms with Gasteiger partial charge in [0, 0.05) is 17.8 Å². The molecule has 1 aliphatic heterocycles. The van der Waals surface area contributed by atoms with Gasteiger partial charge < -0.3 is 15.0 Å². The second kappa shape index (κ2) is 6.52. The number of ether oxygens (including phenoxy) is 1. The number of morpholine rings is 1. The van der Waals surface area contributed by atoms with Crippen molar-refractivity contribution < 1.29 is 14.3 Å². The molecule has 1 aromatic rings. The molecule has 1 heterocycles. The van der Waals surface area contributed by atoms with Crippen molar-refractivity contribution in [1.29, 1.82) is 0 Å². The molecule has 5 heteroatoms. The number of carbonyl (C=O) groups is 2. The summed E-state index contributed by atoms with van der Waals surface area (Å²) in [5, 5.41) is 2.85. The number of hydrogen-bond donors (Lipinski definition) is 1. The normalized spacial score (nSPS) is 18.7. The highest BCUT2D eigenvalue weighted by Gasteiger charge is 2.25. The van der Waals surface area contributed by atoms with Gasteiger partial charge in [-0.2, -0.15) is 0 Å². The number of rotatable bonds is 3. The van der Waals surface area contributed by atoms with Crippen LogP contribution >= 0.6 is 0 Å². The molecule has 0 radical (unpaired) electrons. The summed E-state index contributed by atoms with van der Waals surface area (Å²) in [6.45, 7) is 5.29. The molecule has 0 aromatic heterocycles. The number of benzene rings is 1. The van der Waals surface area contributed by atoms with Gasteiger partial charge in [-0.25, -0.2) is 4.79 Å². The molecular weight excluding hydrogens is 256 g/mol. The van der Waals surface area contributed by atoms with Crippen LogP contribution in [0.2, 0.25) is 0 Å². The summed E-state index contributed by atoms with van der Waals surface area (Å²) in [7, 11) is 0. The molecule has 20 heavy (non-hydrogen) atoms. The standard InChI is InChI=1S/C15H20N2O3/c1-3-14-10-20-8-7-17(14)15(19)16-13-6-4-5-12(9-13)11(2)18/h4-6,9,14H,3,7-8,10H2,1-2H3,(H,16,19). The molecule has 1 aromatic carbocycles. The first-order valence-corrected chi connectivity index (χ1v) is 6.88. The van der Waals surface area contributed by atoms with Crippen LogP contribution in [0.5, 0.6) is 0 Å². The zero-order valence-electron chi connectivity index (χ0n) is 11.9. The molecule has 2 amide bonds. The van der Waals surface area contributed by atoms with Crippen molar-refractivity contribution in [3.05, 3.63) is 29.8 Å². The number of amides is 2. The number of nitrogens with zero attached hydrogens (tertiary/aromatic N) is 1. The summed E-state index contributed by atoms with van der Waals surface area (Å²) >= 11 is 0. The van der Waals surface area contributed by atoms with Gasteiger partial charge in [-0.3, -0.25) is 4.79 Å². The SMILES string of the molecule is CCC1COCCN1C(=O)Nc1cccc(C(C)=O)c1. The van der Waals surface area contributed by atoms with Crippen molar-refractivity contribution in [2.45, 2.75) is 26.3 Å². The van der Waals surface area contributed by atoms with Crippen molar-refractivity contribution in [2.75, 3.05) is 25.1 Å². The highest BCUT2D eigenvalue weighted by molar-refractivity contribution is 5.96. The molecule has 0 saturated carbocycles. The van der Waals surface area contributed by atoms with Gasteiger partial charge in [-0.05, 0) is 25.5 Å². The fraction of sp³-hybridized carbons (Fsp3) is 0.467. The third-order valence-corrected chi connectivity index (χ3v) is 3.48. The van der Waals surface area contributed by atoms with Crippen LogP contribution in [0.3, 0.4) is 0 Å². The summed E-state index contributed by atoms with van der Waals surface area (Å²) < 4.78 is 5.39. The monoisotopic (exact) mass is 276 g/mol. The second-order valence-corrected chi connectivity index (χ2v) is 4.90. The molecule has 5 nitrogen and oxygen atoms in total. The van der Waals surface area contributed by atoms with Crippen molar-refractivity contribution in [3.8, 4) is 0 Å². The number of carbonyl (C=O) groups excluding carboxylic acids is 2. The van der Waals surface area contributed by atoms with E-state index in [1.807, 2.05) is 6.92 Å². The number of hydrogen-bond acceptors (Lipinski definition) is 3. The number of anilines is 1. The Hall–Kier alpha value is -1.88. The molecule has 0 spiro atoms. The molecule has 0 aliphatic carbocycles. The van der Waals surface area contributed by atoms with E-state index in [9.17, 15) is 9.59 Å². The van der Waals surface area contributed by atoms with Crippen LogP contribution in [0.1, 0.15) is 30.6 Å². The van der Waals surface area contributed by atoms with E-state index in [2.05, 4.69) is 5.32 Å². The van der Waals surface area contributed by atoms with Crippen molar-refractivity contribution in [1.82, 2.24) is 4.90 Å². The van der Waals surface area contributed by atoms with Gasteiger partial charge >= 0.3 is 6.03 Å². The highest BCUT2D eigenvalue weighted by atomic mass is 16.5.